The van der Waals surface area contributed by atoms with Crippen molar-refractivity contribution >= 4 is 21.6 Å². The van der Waals surface area contributed by atoms with E-state index in [1.165, 1.54) is 6.07 Å². The molecule has 23 heavy (non-hydrogen) atoms. The predicted molar refractivity (Wildman–Crippen MR) is 86.8 cm³/mol. The zero-order chi connectivity index (χ0) is 17.2. The second-order valence-electron chi connectivity index (χ2n) is 5.61. The summed E-state index contributed by atoms with van der Waals surface area (Å²) < 4.78 is 23.3. The third-order valence-corrected chi connectivity index (χ3v) is 4.92. The van der Waals surface area contributed by atoms with Crippen LogP contribution < -0.4 is 10.5 Å². The van der Waals surface area contributed by atoms with E-state index in [4.69, 9.17) is 9.98 Å². The molecule has 3 N–H and O–H groups in total. The molecule has 7 nitrogen and oxygen atoms in total. The summed E-state index contributed by atoms with van der Waals surface area (Å²) >= 11 is 0. The largest absolute Gasteiger partial charge is 0.390 e. The maximum absolute atomic E-state index is 12.3. The highest BCUT2D eigenvalue weighted by Gasteiger charge is 2.22. The number of hydrogen-bond donors (Lipinski definition) is 2. The average molecular weight is 339 g/mol. The Balaban J connectivity index is 2.10. The van der Waals surface area contributed by atoms with Gasteiger partial charge in [-0.1, -0.05) is 12.1 Å². The topological polar surface area (TPSA) is 111 Å². The van der Waals surface area contributed by atoms with E-state index in [-0.39, 0.29) is 22.5 Å². The molecular formula is C15H21N3O4S. The number of carbonyl (C=O) groups is 1. The second kappa shape index (κ2) is 6.67. The third kappa shape index (κ3) is 4.08. The molecule has 1 unspecified atom stereocenters. The van der Waals surface area contributed by atoms with Crippen molar-refractivity contribution in [2.45, 2.75) is 44.6 Å². The standard InChI is InChI=1S/C15H21N3O4S/c1-4-12-7-13(22-18-12)8-17-15(19)11-5-9(2)10(3)14(6-11)23(16,20)21/h5-6,13H,4,7-8H2,1-3H3,(H,17,19)(H2,16,20,21). The van der Waals surface area contributed by atoms with Gasteiger partial charge in [0.05, 0.1) is 17.2 Å². The van der Waals surface area contributed by atoms with Crippen molar-refractivity contribution < 1.29 is 18.0 Å². The van der Waals surface area contributed by atoms with Crippen LogP contribution in [0.3, 0.4) is 0 Å². The first-order chi connectivity index (χ1) is 10.7. The molecule has 1 aliphatic rings. The summed E-state index contributed by atoms with van der Waals surface area (Å²) in [6.45, 7) is 5.70. The molecule has 0 bridgehead atoms. The van der Waals surface area contributed by atoms with Gasteiger partial charge < -0.3 is 10.2 Å². The number of carbonyl (C=O) groups excluding carboxylic acids is 1. The Hall–Kier alpha value is -1.93. The molecule has 1 heterocycles. The fourth-order valence-electron chi connectivity index (χ4n) is 2.37. The fraction of sp³-hybridized carbons (Fsp3) is 0.467. The summed E-state index contributed by atoms with van der Waals surface area (Å²) in [6, 6.07) is 2.94. The van der Waals surface area contributed by atoms with Gasteiger partial charge in [0, 0.05) is 12.0 Å². The number of sulfonamides is 1. The number of rotatable bonds is 5. The van der Waals surface area contributed by atoms with E-state index in [2.05, 4.69) is 10.5 Å². The van der Waals surface area contributed by atoms with Gasteiger partial charge in [-0.3, -0.25) is 4.79 Å². The number of amides is 1. The number of oxime groups is 1. The maximum atomic E-state index is 12.3. The van der Waals surface area contributed by atoms with Crippen LogP contribution in [0.5, 0.6) is 0 Å². The first-order valence-corrected chi connectivity index (χ1v) is 8.90. The first kappa shape index (κ1) is 17.4. The lowest BCUT2D eigenvalue weighted by atomic mass is 10.1. The Labute approximate surface area is 135 Å². The highest BCUT2D eigenvalue weighted by Crippen LogP contribution is 2.20. The lowest BCUT2D eigenvalue weighted by Gasteiger charge is -2.13. The molecule has 2 rings (SSSR count). The molecule has 1 aromatic rings. The zero-order valence-corrected chi connectivity index (χ0v) is 14.2. The van der Waals surface area contributed by atoms with Gasteiger partial charge >= 0.3 is 0 Å². The number of nitrogens with zero attached hydrogens (tertiary/aromatic N) is 1. The lowest BCUT2D eigenvalue weighted by Crippen LogP contribution is -2.32. The number of nitrogens with one attached hydrogen (secondary N) is 1. The molecule has 1 aromatic carbocycles. The summed E-state index contributed by atoms with van der Waals surface area (Å²) in [5.74, 6) is -0.369. The molecule has 1 aliphatic heterocycles. The van der Waals surface area contributed by atoms with Crippen molar-refractivity contribution in [3.05, 3.63) is 28.8 Å². The van der Waals surface area contributed by atoms with Gasteiger partial charge in [-0.05, 0) is 43.5 Å². The normalized spacial score (nSPS) is 17.6. The number of nitrogens with two attached hydrogens (primary N) is 1. The van der Waals surface area contributed by atoms with Crippen molar-refractivity contribution in [1.29, 1.82) is 0 Å². The SMILES string of the molecule is CCC1=NOC(CNC(=O)c2cc(C)c(C)c(S(N)(=O)=O)c2)C1. The molecule has 0 radical (unpaired) electrons. The number of benzene rings is 1. The molecule has 0 spiro atoms. The zero-order valence-electron chi connectivity index (χ0n) is 13.4. The van der Waals surface area contributed by atoms with E-state index in [0.717, 1.165) is 12.1 Å². The van der Waals surface area contributed by atoms with Crippen LogP contribution >= 0.6 is 0 Å². The van der Waals surface area contributed by atoms with Crippen LogP contribution in [0, 0.1) is 13.8 Å². The molecule has 0 fully saturated rings. The van der Waals surface area contributed by atoms with E-state index < -0.39 is 10.0 Å². The Bertz CT molecular complexity index is 756. The smallest absolute Gasteiger partial charge is 0.251 e. The van der Waals surface area contributed by atoms with Crippen LogP contribution in [0.1, 0.15) is 41.3 Å². The summed E-state index contributed by atoms with van der Waals surface area (Å²) in [4.78, 5) is 17.4. The fourth-order valence-corrected chi connectivity index (χ4v) is 3.25. The molecular weight excluding hydrogens is 318 g/mol. The molecule has 0 saturated carbocycles. The van der Waals surface area contributed by atoms with Gasteiger partial charge in [0.15, 0.2) is 0 Å². The van der Waals surface area contributed by atoms with E-state index >= 15 is 0 Å². The molecule has 1 atom stereocenters. The summed E-state index contributed by atoms with van der Waals surface area (Å²) in [5.41, 5.74) is 2.46. The van der Waals surface area contributed by atoms with Crippen LogP contribution in [0.15, 0.2) is 22.2 Å². The van der Waals surface area contributed by atoms with Crippen LogP contribution in [-0.4, -0.2) is 32.7 Å². The Morgan fingerprint density at radius 2 is 2.13 bits per heavy atom. The number of hydrogen-bond acceptors (Lipinski definition) is 5. The third-order valence-electron chi connectivity index (χ3n) is 3.88. The minimum atomic E-state index is -3.88. The van der Waals surface area contributed by atoms with Gasteiger partial charge in [-0.2, -0.15) is 0 Å². The lowest BCUT2D eigenvalue weighted by molar-refractivity contribution is 0.0753. The van der Waals surface area contributed by atoms with Crippen molar-refractivity contribution in [3.63, 3.8) is 0 Å². The first-order valence-electron chi connectivity index (χ1n) is 7.36. The van der Waals surface area contributed by atoms with Gasteiger partial charge in [0.25, 0.3) is 5.91 Å². The molecule has 0 saturated heterocycles. The molecule has 0 aliphatic carbocycles. The summed E-state index contributed by atoms with van der Waals surface area (Å²) in [6.07, 6.45) is 1.32. The van der Waals surface area contributed by atoms with Gasteiger partial charge in [0.1, 0.15) is 6.10 Å². The molecule has 8 heteroatoms. The minimum absolute atomic E-state index is 0.0311. The van der Waals surface area contributed by atoms with Crippen molar-refractivity contribution in [1.82, 2.24) is 5.32 Å². The second-order valence-corrected chi connectivity index (χ2v) is 7.14. The van der Waals surface area contributed by atoms with Crippen molar-refractivity contribution in [2.75, 3.05) is 6.54 Å². The number of aryl methyl sites for hydroxylation is 1. The van der Waals surface area contributed by atoms with Crippen LogP contribution in [0.25, 0.3) is 0 Å². The monoisotopic (exact) mass is 339 g/mol. The van der Waals surface area contributed by atoms with Crippen LogP contribution in [-0.2, 0) is 14.9 Å². The highest BCUT2D eigenvalue weighted by atomic mass is 32.2. The molecule has 0 aromatic heterocycles. The van der Waals surface area contributed by atoms with E-state index in [0.29, 0.717) is 24.1 Å². The molecule has 1 amide bonds. The van der Waals surface area contributed by atoms with E-state index in [9.17, 15) is 13.2 Å². The van der Waals surface area contributed by atoms with Crippen LogP contribution in [0.2, 0.25) is 0 Å². The van der Waals surface area contributed by atoms with Crippen LogP contribution in [0.4, 0.5) is 0 Å². The van der Waals surface area contributed by atoms with Crippen molar-refractivity contribution in [3.8, 4) is 0 Å². The summed E-state index contributed by atoms with van der Waals surface area (Å²) in [7, 11) is -3.88. The quantitative estimate of drug-likeness (QED) is 0.840. The van der Waals surface area contributed by atoms with Gasteiger partial charge in [-0.15, -0.1) is 0 Å². The Kier molecular flexibility index (Phi) is 5.06. The Morgan fingerprint density at radius 3 is 2.70 bits per heavy atom. The molecule has 126 valence electrons. The highest BCUT2D eigenvalue weighted by molar-refractivity contribution is 7.89. The maximum Gasteiger partial charge on any atom is 0.251 e. The van der Waals surface area contributed by atoms with Gasteiger partial charge in [0.2, 0.25) is 10.0 Å². The van der Waals surface area contributed by atoms with Crippen molar-refractivity contribution in [2.24, 2.45) is 10.3 Å². The predicted octanol–water partition coefficient (Wildman–Crippen LogP) is 1.24. The van der Waals surface area contributed by atoms with E-state index in [1.807, 2.05) is 6.92 Å². The van der Waals surface area contributed by atoms with E-state index in [1.54, 1.807) is 19.9 Å². The Morgan fingerprint density at radius 1 is 1.43 bits per heavy atom. The van der Waals surface area contributed by atoms with Gasteiger partial charge in [-0.25, -0.2) is 13.6 Å². The average Bonchev–Trinajstić information content (AvgIpc) is 2.94. The minimum Gasteiger partial charge on any atom is -0.390 e. The summed E-state index contributed by atoms with van der Waals surface area (Å²) in [5, 5.41) is 11.9. The number of primary sulfonamides is 1.